The number of carbonyl (C=O) groups is 1. The van der Waals surface area contributed by atoms with E-state index in [-0.39, 0.29) is 5.97 Å². The molecule has 3 nitrogen and oxygen atoms in total. The normalized spacial score (nSPS) is 25.6. The molecule has 0 radical (unpaired) electrons. The first-order valence-electron chi connectivity index (χ1n) is 6.43. The van der Waals surface area contributed by atoms with Crippen molar-refractivity contribution in [2.24, 2.45) is 5.92 Å². The van der Waals surface area contributed by atoms with Crippen LogP contribution < -0.4 is 0 Å². The number of rotatable bonds is 4. The molecule has 0 amide bonds. The molecule has 2 bridgehead atoms. The molecule has 3 heteroatoms. The van der Waals surface area contributed by atoms with E-state index in [1.54, 1.807) is 0 Å². The summed E-state index contributed by atoms with van der Waals surface area (Å²) in [4.78, 5) is 14.0. The van der Waals surface area contributed by atoms with Crippen LogP contribution in [0.15, 0.2) is 42.5 Å². The predicted octanol–water partition coefficient (Wildman–Crippen LogP) is 1.99. The molecule has 94 valence electrons. The quantitative estimate of drug-likeness (QED) is 0.598. The Kier molecular flexibility index (Phi) is 3.15. The maximum absolute atomic E-state index is 11.8. The first-order chi connectivity index (χ1) is 8.81. The van der Waals surface area contributed by atoms with Gasteiger partial charge in [0.25, 0.3) is 0 Å². The number of esters is 1. The number of hydrogen-bond donors (Lipinski definition) is 0. The maximum atomic E-state index is 11.8. The number of benzene rings is 1. The predicted molar refractivity (Wildman–Crippen MR) is 68.8 cm³/mol. The number of likely N-dealkylation sites (tertiary alicyclic amines) is 1. The number of hydrogen-bond acceptors (Lipinski definition) is 3. The minimum atomic E-state index is -0.125. The molecule has 0 aromatic heterocycles. The first-order valence-corrected chi connectivity index (χ1v) is 6.43. The Morgan fingerprint density at radius 1 is 1.28 bits per heavy atom. The smallest absolute Gasteiger partial charge is 0.320 e. The van der Waals surface area contributed by atoms with Crippen LogP contribution in [0.2, 0.25) is 0 Å². The topological polar surface area (TPSA) is 29.5 Å². The average molecular weight is 243 g/mol. The lowest BCUT2D eigenvalue weighted by atomic mass is 10.2. The Morgan fingerprint density at radius 2 is 2.11 bits per heavy atom. The van der Waals surface area contributed by atoms with Gasteiger partial charge >= 0.3 is 5.97 Å². The van der Waals surface area contributed by atoms with E-state index < -0.39 is 0 Å². The molecule has 1 saturated heterocycles. The zero-order valence-corrected chi connectivity index (χ0v) is 10.3. The van der Waals surface area contributed by atoms with E-state index in [1.807, 2.05) is 30.3 Å². The molecule has 1 aliphatic heterocycles. The molecule has 0 unspecified atom stereocenters. The van der Waals surface area contributed by atoms with Gasteiger partial charge in [0, 0.05) is 12.6 Å². The average Bonchev–Trinajstić information content (AvgIpc) is 3.00. The summed E-state index contributed by atoms with van der Waals surface area (Å²) >= 11 is 0. The van der Waals surface area contributed by atoms with Crippen LogP contribution in [0.3, 0.4) is 0 Å². The molecule has 0 spiro atoms. The third kappa shape index (κ3) is 2.46. The summed E-state index contributed by atoms with van der Waals surface area (Å²) in [7, 11) is 0. The second kappa shape index (κ2) is 4.94. The standard InChI is InChI=1S/C15H17NO2/c17-15(18-11-12-4-2-1-3-5-12)10-16-9-13-6-7-14(16)8-13/h1-7,13-14H,8-11H2/t13-,14+/m0/s1. The maximum Gasteiger partial charge on any atom is 0.320 e. The molecular weight excluding hydrogens is 226 g/mol. The van der Waals surface area contributed by atoms with Gasteiger partial charge < -0.3 is 4.74 Å². The van der Waals surface area contributed by atoms with Gasteiger partial charge in [-0.25, -0.2) is 0 Å². The summed E-state index contributed by atoms with van der Waals surface area (Å²) in [6.45, 7) is 1.79. The van der Waals surface area contributed by atoms with Crippen molar-refractivity contribution in [3.05, 3.63) is 48.0 Å². The molecule has 0 saturated carbocycles. The summed E-state index contributed by atoms with van der Waals surface area (Å²) in [6.07, 6.45) is 5.64. The number of carbonyl (C=O) groups excluding carboxylic acids is 1. The van der Waals surface area contributed by atoms with Gasteiger partial charge in [-0.15, -0.1) is 0 Å². The third-order valence-corrected chi connectivity index (χ3v) is 3.66. The lowest BCUT2D eigenvalue weighted by Gasteiger charge is -2.22. The fourth-order valence-corrected chi connectivity index (χ4v) is 2.73. The lowest BCUT2D eigenvalue weighted by molar-refractivity contribution is -0.146. The molecule has 1 aromatic rings. The minimum Gasteiger partial charge on any atom is -0.460 e. The van der Waals surface area contributed by atoms with Crippen molar-refractivity contribution in [2.75, 3.05) is 13.1 Å². The third-order valence-electron chi connectivity index (χ3n) is 3.66. The van der Waals surface area contributed by atoms with Gasteiger partial charge in [0.1, 0.15) is 6.61 Å². The second-order valence-electron chi connectivity index (χ2n) is 5.02. The molecule has 3 rings (SSSR count). The summed E-state index contributed by atoms with van der Waals surface area (Å²) in [5, 5.41) is 0. The van der Waals surface area contributed by atoms with Crippen molar-refractivity contribution >= 4 is 5.97 Å². The van der Waals surface area contributed by atoms with E-state index in [0.717, 1.165) is 12.1 Å². The van der Waals surface area contributed by atoms with Crippen molar-refractivity contribution in [3.8, 4) is 0 Å². The van der Waals surface area contributed by atoms with Crippen LogP contribution in [0.25, 0.3) is 0 Å². The zero-order valence-electron chi connectivity index (χ0n) is 10.3. The van der Waals surface area contributed by atoms with Crippen LogP contribution >= 0.6 is 0 Å². The van der Waals surface area contributed by atoms with Gasteiger partial charge in [-0.3, -0.25) is 9.69 Å². The number of nitrogens with zero attached hydrogens (tertiary/aromatic N) is 1. The fourth-order valence-electron chi connectivity index (χ4n) is 2.73. The molecule has 1 aliphatic carbocycles. The highest BCUT2D eigenvalue weighted by Crippen LogP contribution is 2.30. The van der Waals surface area contributed by atoms with Crippen LogP contribution in [0, 0.1) is 5.92 Å². The van der Waals surface area contributed by atoms with Gasteiger partial charge in [0.15, 0.2) is 0 Å². The van der Waals surface area contributed by atoms with E-state index in [2.05, 4.69) is 17.1 Å². The van der Waals surface area contributed by atoms with Crippen LogP contribution in [-0.4, -0.2) is 30.0 Å². The van der Waals surface area contributed by atoms with Crippen LogP contribution in [0.1, 0.15) is 12.0 Å². The highest BCUT2D eigenvalue weighted by molar-refractivity contribution is 5.71. The highest BCUT2D eigenvalue weighted by atomic mass is 16.5. The molecule has 2 aliphatic rings. The van der Waals surface area contributed by atoms with E-state index in [1.165, 1.54) is 6.42 Å². The van der Waals surface area contributed by atoms with Crippen molar-refractivity contribution in [3.63, 3.8) is 0 Å². The number of ether oxygens (including phenoxy) is 1. The highest BCUT2D eigenvalue weighted by Gasteiger charge is 2.34. The van der Waals surface area contributed by atoms with Gasteiger partial charge in [-0.1, -0.05) is 42.5 Å². The Bertz CT molecular complexity index is 455. The molecule has 0 N–H and O–H groups in total. The Balaban J connectivity index is 1.47. The summed E-state index contributed by atoms with van der Waals surface area (Å²) < 4.78 is 5.29. The Morgan fingerprint density at radius 3 is 2.78 bits per heavy atom. The first kappa shape index (κ1) is 11.5. The Hall–Kier alpha value is -1.61. The molecular formula is C15H17NO2. The number of fused-ring (bicyclic) bond motifs is 2. The van der Waals surface area contributed by atoms with E-state index in [9.17, 15) is 4.79 Å². The van der Waals surface area contributed by atoms with E-state index in [4.69, 9.17) is 4.74 Å². The minimum absolute atomic E-state index is 0.125. The van der Waals surface area contributed by atoms with E-state index >= 15 is 0 Å². The van der Waals surface area contributed by atoms with Gasteiger partial charge in [0.05, 0.1) is 6.54 Å². The molecule has 1 aromatic carbocycles. The Labute approximate surface area is 107 Å². The van der Waals surface area contributed by atoms with E-state index in [0.29, 0.717) is 25.1 Å². The fraction of sp³-hybridized carbons (Fsp3) is 0.400. The molecule has 1 heterocycles. The molecule has 18 heavy (non-hydrogen) atoms. The van der Waals surface area contributed by atoms with Crippen molar-refractivity contribution < 1.29 is 9.53 Å². The largest absolute Gasteiger partial charge is 0.460 e. The monoisotopic (exact) mass is 243 g/mol. The summed E-state index contributed by atoms with van der Waals surface area (Å²) in [5.74, 6) is 0.525. The molecule has 2 atom stereocenters. The second-order valence-corrected chi connectivity index (χ2v) is 5.02. The molecule has 1 fully saturated rings. The zero-order chi connectivity index (χ0) is 12.4. The van der Waals surface area contributed by atoms with Crippen LogP contribution in [0.4, 0.5) is 0 Å². The SMILES string of the molecule is O=C(CN1C[C@H]2C=C[C@@H]1C2)OCc1ccccc1. The van der Waals surface area contributed by atoms with Crippen LogP contribution in [0.5, 0.6) is 0 Å². The summed E-state index contributed by atoms with van der Waals surface area (Å²) in [6, 6.07) is 10.3. The lowest BCUT2D eigenvalue weighted by Crippen LogP contribution is -2.35. The van der Waals surface area contributed by atoms with Gasteiger partial charge in [0.2, 0.25) is 0 Å². The summed E-state index contributed by atoms with van der Waals surface area (Å²) in [5.41, 5.74) is 1.04. The van der Waals surface area contributed by atoms with Crippen molar-refractivity contribution in [1.82, 2.24) is 4.90 Å². The van der Waals surface area contributed by atoms with Crippen molar-refractivity contribution in [2.45, 2.75) is 19.1 Å². The van der Waals surface area contributed by atoms with Crippen LogP contribution in [-0.2, 0) is 16.1 Å². The van der Waals surface area contributed by atoms with Gasteiger partial charge in [-0.2, -0.15) is 0 Å². The van der Waals surface area contributed by atoms with Gasteiger partial charge in [-0.05, 0) is 17.9 Å². The van der Waals surface area contributed by atoms with Crippen molar-refractivity contribution in [1.29, 1.82) is 0 Å².